The first-order valence-electron chi connectivity index (χ1n) is 6.20. The molecular weight excluding hydrogens is 262 g/mol. The van der Waals surface area contributed by atoms with E-state index in [1.807, 2.05) is 35.4 Å². The fourth-order valence-electron chi connectivity index (χ4n) is 1.80. The lowest BCUT2D eigenvalue weighted by Gasteiger charge is -2.19. The Labute approximate surface area is 116 Å². The minimum Gasteiger partial charge on any atom is -0.468 e. The predicted octanol–water partition coefficient (Wildman–Crippen LogP) is 2.91. The highest BCUT2D eigenvalue weighted by Gasteiger charge is 2.14. The fourth-order valence-corrected chi connectivity index (χ4v) is 2.55. The minimum absolute atomic E-state index is 0.203. The van der Waals surface area contributed by atoms with Crippen LogP contribution in [0.25, 0.3) is 0 Å². The standard InChI is InChI=1S/C14H17NO3S/c1-2-17-14(16)11-15(9-12-5-3-7-18-12)10-13-6-4-8-19-13/h3-8H,2,9-11H2,1H3. The van der Waals surface area contributed by atoms with E-state index in [0.29, 0.717) is 13.2 Å². The van der Waals surface area contributed by atoms with Crippen LogP contribution in [0.15, 0.2) is 40.3 Å². The number of thiophene rings is 1. The molecule has 0 aliphatic carbocycles. The van der Waals surface area contributed by atoms with Gasteiger partial charge < -0.3 is 9.15 Å². The quantitative estimate of drug-likeness (QED) is 0.731. The van der Waals surface area contributed by atoms with Crippen LogP contribution in [0.4, 0.5) is 0 Å². The first kappa shape index (κ1) is 13.8. The highest BCUT2D eigenvalue weighted by atomic mass is 32.1. The van der Waals surface area contributed by atoms with E-state index in [-0.39, 0.29) is 12.5 Å². The summed E-state index contributed by atoms with van der Waals surface area (Å²) in [4.78, 5) is 14.9. The predicted molar refractivity (Wildman–Crippen MR) is 73.8 cm³/mol. The molecule has 2 rings (SSSR count). The summed E-state index contributed by atoms with van der Waals surface area (Å²) in [5, 5.41) is 2.03. The molecule has 0 radical (unpaired) electrons. The Hall–Kier alpha value is -1.59. The van der Waals surface area contributed by atoms with E-state index in [1.165, 1.54) is 4.88 Å². The molecule has 2 aromatic rings. The van der Waals surface area contributed by atoms with Gasteiger partial charge in [-0.15, -0.1) is 11.3 Å². The Morgan fingerprint density at radius 2 is 2.26 bits per heavy atom. The molecule has 0 saturated heterocycles. The van der Waals surface area contributed by atoms with Crippen molar-refractivity contribution in [1.82, 2.24) is 4.90 Å². The van der Waals surface area contributed by atoms with Gasteiger partial charge >= 0.3 is 5.97 Å². The Balaban J connectivity index is 1.97. The van der Waals surface area contributed by atoms with E-state index < -0.39 is 0 Å². The maximum absolute atomic E-state index is 11.6. The number of esters is 1. The summed E-state index contributed by atoms with van der Waals surface area (Å²) in [6.07, 6.45) is 1.64. The third kappa shape index (κ3) is 4.54. The average molecular weight is 279 g/mol. The molecule has 5 heteroatoms. The van der Waals surface area contributed by atoms with Crippen LogP contribution in [0, 0.1) is 0 Å². The molecule has 0 spiro atoms. The van der Waals surface area contributed by atoms with Gasteiger partial charge in [0.2, 0.25) is 0 Å². The second-order valence-electron chi connectivity index (χ2n) is 4.11. The SMILES string of the molecule is CCOC(=O)CN(Cc1ccco1)Cc1cccs1. The van der Waals surface area contributed by atoms with Crippen LogP contribution in [0.3, 0.4) is 0 Å². The molecule has 102 valence electrons. The van der Waals surface area contributed by atoms with Gasteiger partial charge in [0.25, 0.3) is 0 Å². The van der Waals surface area contributed by atoms with Gasteiger partial charge in [0, 0.05) is 11.4 Å². The molecule has 2 aromatic heterocycles. The molecule has 19 heavy (non-hydrogen) atoms. The van der Waals surface area contributed by atoms with Gasteiger partial charge in [-0.2, -0.15) is 0 Å². The number of ether oxygens (including phenoxy) is 1. The Morgan fingerprint density at radius 3 is 2.89 bits per heavy atom. The van der Waals surface area contributed by atoms with Gasteiger partial charge in [-0.1, -0.05) is 6.07 Å². The van der Waals surface area contributed by atoms with Crippen molar-refractivity contribution in [2.45, 2.75) is 20.0 Å². The van der Waals surface area contributed by atoms with E-state index in [0.717, 1.165) is 12.3 Å². The minimum atomic E-state index is -0.203. The molecule has 0 fully saturated rings. The van der Waals surface area contributed by atoms with E-state index >= 15 is 0 Å². The van der Waals surface area contributed by atoms with Crippen molar-refractivity contribution < 1.29 is 13.9 Å². The van der Waals surface area contributed by atoms with E-state index in [1.54, 1.807) is 17.6 Å². The van der Waals surface area contributed by atoms with Crippen LogP contribution in [0.1, 0.15) is 17.6 Å². The maximum atomic E-state index is 11.6. The molecule has 0 aliphatic heterocycles. The number of nitrogens with zero attached hydrogens (tertiary/aromatic N) is 1. The van der Waals surface area contributed by atoms with Gasteiger partial charge in [-0.25, -0.2) is 0 Å². The summed E-state index contributed by atoms with van der Waals surface area (Å²) in [7, 11) is 0. The normalized spacial score (nSPS) is 10.8. The van der Waals surface area contributed by atoms with Gasteiger partial charge in [0.15, 0.2) is 0 Å². The first-order valence-corrected chi connectivity index (χ1v) is 7.08. The second-order valence-corrected chi connectivity index (χ2v) is 5.14. The van der Waals surface area contributed by atoms with Crippen molar-refractivity contribution in [3.05, 3.63) is 46.5 Å². The van der Waals surface area contributed by atoms with Crippen molar-refractivity contribution in [2.24, 2.45) is 0 Å². The van der Waals surface area contributed by atoms with Crippen molar-refractivity contribution >= 4 is 17.3 Å². The Kier molecular flexibility index (Phi) is 5.18. The highest BCUT2D eigenvalue weighted by Crippen LogP contribution is 2.14. The summed E-state index contributed by atoms with van der Waals surface area (Å²) in [6, 6.07) is 7.83. The van der Waals surface area contributed by atoms with Gasteiger partial charge in [0.05, 0.1) is 26.0 Å². The van der Waals surface area contributed by atoms with Gasteiger partial charge in [-0.05, 0) is 30.5 Å². The molecular formula is C14H17NO3S. The molecule has 4 nitrogen and oxygen atoms in total. The molecule has 0 bridgehead atoms. The summed E-state index contributed by atoms with van der Waals surface area (Å²) in [5.74, 6) is 0.645. The fraction of sp³-hybridized carbons (Fsp3) is 0.357. The number of carbonyl (C=O) groups excluding carboxylic acids is 1. The zero-order chi connectivity index (χ0) is 13.5. The Morgan fingerprint density at radius 1 is 1.37 bits per heavy atom. The van der Waals surface area contributed by atoms with Crippen LogP contribution >= 0.6 is 11.3 Å². The second kappa shape index (κ2) is 7.11. The number of rotatable bonds is 7. The monoisotopic (exact) mass is 279 g/mol. The number of hydrogen-bond donors (Lipinski definition) is 0. The summed E-state index contributed by atoms with van der Waals surface area (Å²) >= 11 is 1.68. The van der Waals surface area contributed by atoms with Gasteiger partial charge in [-0.3, -0.25) is 9.69 Å². The molecule has 0 aliphatic rings. The number of furan rings is 1. The molecule has 0 saturated carbocycles. The lowest BCUT2D eigenvalue weighted by atomic mass is 10.3. The maximum Gasteiger partial charge on any atom is 0.320 e. The molecule has 0 atom stereocenters. The van der Waals surface area contributed by atoms with Crippen molar-refractivity contribution in [2.75, 3.05) is 13.2 Å². The van der Waals surface area contributed by atoms with Crippen molar-refractivity contribution in [3.63, 3.8) is 0 Å². The molecule has 0 N–H and O–H groups in total. The average Bonchev–Trinajstić information content (AvgIpc) is 3.02. The van der Waals surface area contributed by atoms with Crippen LogP contribution in [0.5, 0.6) is 0 Å². The smallest absolute Gasteiger partial charge is 0.320 e. The third-order valence-electron chi connectivity index (χ3n) is 2.58. The first-order chi connectivity index (χ1) is 9.28. The molecule has 2 heterocycles. The topological polar surface area (TPSA) is 42.7 Å². The zero-order valence-corrected chi connectivity index (χ0v) is 11.7. The lowest BCUT2D eigenvalue weighted by molar-refractivity contribution is -0.144. The Bertz CT molecular complexity index is 443. The largest absolute Gasteiger partial charge is 0.468 e. The molecule has 0 unspecified atom stereocenters. The van der Waals surface area contributed by atoms with Gasteiger partial charge in [0.1, 0.15) is 5.76 Å². The molecule has 0 amide bonds. The van der Waals surface area contributed by atoms with Crippen molar-refractivity contribution in [1.29, 1.82) is 0 Å². The summed E-state index contributed by atoms with van der Waals surface area (Å²) in [6.45, 7) is 3.81. The molecule has 0 aromatic carbocycles. The van der Waals surface area contributed by atoms with Crippen LogP contribution in [-0.2, 0) is 22.6 Å². The summed E-state index contributed by atoms with van der Waals surface area (Å²) < 4.78 is 10.3. The summed E-state index contributed by atoms with van der Waals surface area (Å²) in [5.41, 5.74) is 0. The van der Waals surface area contributed by atoms with Crippen molar-refractivity contribution in [3.8, 4) is 0 Å². The van der Waals surface area contributed by atoms with E-state index in [2.05, 4.69) is 6.07 Å². The lowest BCUT2D eigenvalue weighted by Crippen LogP contribution is -2.29. The van der Waals surface area contributed by atoms with Crippen LogP contribution in [0.2, 0.25) is 0 Å². The van der Waals surface area contributed by atoms with E-state index in [4.69, 9.17) is 9.15 Å². The highest BCUT2D eigenvalue weighted by molar-refractivity contribution is 7.09. The van der Waals surface area contributed by atoms with Crippen LogP contribution < -0.4 is 0 Å². The zero-order valence-electron chi connectivity index (χ0n) is 10.9. The van der Waals surface area contributed by atoms with E-state index in [9.17, 15) is 4.79 Å². The number of hydrogen-bond acceptors (Lipinski definition) is 5. The van der Waals surface area contributed by atoms with Crippen LogP contribution in [-0.4, -0.2) is 24.0 Å². The number of carbonyl (C=O) groups is 1. The third-order valence-corrected chi connectivity index (χ3v) is 3.44.